The molecule has 1 aromatic carbocycles. The Hall–Kier alpha value is -1.49. The van der Waals surface area contributed by atoms with Crippen molar-refractivity contribution in [2.24, 2.45) is 7.05 Å². The summed E-state index contributed by atoms with van der Waals surface area (Å²) in [6, 6.07) is 7.80. The van der Waals surface area contributed by atoms with Gasteiger partial charge in [0.15, 0.2) is 0 Å². The van der Waals surface area contributed by atoms with Crippen LogP contribution in [0.25, 0.3) is 0 Å². The van der Waals surface area contributed by atoms with Crippen LogP contribution in [0.15, 0.2) is 41.1 Å². The molecular weight excluding hydrogens is 282 g/mol. The molecule has 1 aromatic heterocycles. The fraction of sp³-hybridized carbons (Fsp3) is 0.250. The third kappa shape index (κ3) is 3.78. The molecule has 17 heavy (non-hydrogen) atoms. The number of hydrogen-bond donors (Lipinski definition) is 1. The predicted octanol–water partition coefficient (Wildman–Crippen LogP) is 2.67. The number of aryl methyl sites for hydroxylation is 1. The summed E-state index contributed by atoms with van der Waals surface area (Å²) in [4.78, 5) is 0. The fourth-order valence-corrected chi connectivity index (χ4v) is 1.67. The van der Waals surface area contributed by atoms with Crippen molar-refractivity contribution in [3.05, 3.63) is 41.1 Å². The van der Waals surface area contributed by atoms with Crippen molar-refractivity contribution in [3.8, 4) is 5.75 Å². The maximum absolute atomic E-state index is 5.58. The highest BCUT2D eigenvalue weighted by atomic mass is 79.9. The molecule has 2 rings (SSSR count). The van der Waals surface area contributed by atoms with Crippen molar-refractivity contribution < 1.29 is 4.74 Å². The standard InChI is InChI=1S/C12H14BrN3O/c1-16-9-11(8-15-16)14-6-7-17-12-4-2-10(13)3-5-12/h2-5,8-9,14H,6-7H2,1H3. The number of benzene rings is 1. The van der Waals surface area contributed by atoms with Gasteiger partial charge in [-0.3, -0.25) is 4.68 Å². The van der Waals surface area contributed by atoms with Crippen molar-refractivity contribution in [3.63, 3.8) is 0 Å². The van der Waals surface area contributed by atoms with Crippen LogP contribution in [0.1, 0.15) is 0 Å². The Labute approximate surface area is 109 Å². The molecule has 0 atom stereocenters. The van der Waals surface area contributed by atoms with Gasteiger partial charge >= 0.3 is 0 Å². The van der Waals surface area contributed by atoms with Gasteiger partial charge in [0.1, 0.15) is 12.4 Å². The molecule has 0 amide bonds. The van der Waals surface area contributed by atoms with Crippen LogP contribution in [-0.4, -0.2) is 22.9 Å². The fourth-order valence-electron chi connectivity index (χ4n) is 1.41. The molecule has 0 saturated heterocycles. The van der Waals surface area contributed by atoms with E-state index in [4.69, 9.17) is 4.74 Å². The van der Waals surface area contributed by atoms with E-state index in [1.807, 2.05) is 37.5 Å². The minimum Gasteiger partial charge on any atom is -0.492 e. The number of nitrogens with one attached hydrogen (secondary N) is 1. The zero-order valence-electron chi connectivity index (χ0n) is 9.56. The lowest BCUT2D eigenvalue weighted by Crippen LogP contribution is -2.10. The Bertz CT molecular complexity index is 467. The molecule has 90 valence electrons. The maximum atomic E-state index is 5.58. The molecule has 0 saturated carbocycles. The normalized spacial score (nSPS) is 10.2. The second-order valence-corrected chi connectivity index (χ2v) is 4.55. The maximum Gasteiger partial charge on any atom is 0.119 e. The summed E-state index contributed by atoms with van der Waals surface area (Å²) in [5.74, 6) is 0.876. The van der Waals surface area contributed by atoms with Crippen LogP contribution in [0, 0.1) is 0 Å². The van der Waals surface area contributed by atoms with E-state index in [1.54, 1.807) is 10.9 Å². The van der Waals surface area contributed by atoms with E-state index in [-0.39, 0.29) is 0 Å². The van der Waals surface area contributed by atoms with Crippen molar-refractivity contribution in [1.82, 2.24) is 9.78 Å². The molecule has 0 radical (unpaired) electrons. The molecule has 4 nitrogen and oxygen atoms in total. The molecule has 0 aliphatic carbocycles. The second kappa shape index (κ2) is 5.72. The average molecular weight is 296 g/mol. The Morgan fingerprint density at radius 1 is 1.35 bits per heavy atom. The lowest BCUT2D eigenvalue weighted by atomic mass is 10.3. The van der Waals surface area contributed by atoms with Gasteiger partial charge in [0.25, 0.3) is 0 Å². The minimum atomic E-state index is 0.622. The average Bonchev–Trinajstić information content (AvgIpc) is 2.73. The third-order valence-corrected chi connectivity index (χ3v) is 2.75. The first-order chi connectivity index (χ1) is 8.24. The summed E-state index contributed by atoms with van der Waals surface area (Å²) >= 11 is 3.38. The quantitative estimate of drug-likeness (QED) is 0.862. The lowest BCUT2D eigenvalue weighted by molar-refractivity contribution is 0.333. The Kier molecular flexibility index (Phi) is 4.03. The van der Waals surface area contributed by atoms with Crippen LogP contribution in [0.3, 0.4) is 0 Å². The van der Waals surface area contributed by atoms with Crippen molar-refractivity contribution in [2.45, 2.75) is 0 Å². The van der Waals surface area contributed by atoms with E-state index in [0.717, 1.165) is 22.5 Å². The minimum absolute atomic E-state index is 0.622. The van der Waals surface area contributed by atoms with Crippen molar-refractivity contribution >= 4 is 21.6 Å². The van der Waals surface area contributed by atoms with Crippen molar-refractivity contribution in [1.29, 1.82) is 0 Å². The first-order valence-corrected chi connectivity index (χ1v) is 6.14. The summed E-state index contributed by atoms with van der Waals surface area (Å²) in [5.41, 5.74) is 1.01. The topological polar surface area (TPSA) is 39.1 Å². The molecule has 0 aliphatic heterocycles. The zero-order valence-corrected chi connectivity index (χ0v) is 11.1. The largest absolute Gasteiger partial charge is 0.492 e. The molecule has 1 heterocycles. The van der Waals surface area contributed by atoms with E-state index in [2.05, 4.69) is 26.3 Å². The lowest BCUT2D eigenvalue weighted by Gasteiger charge is -2.06. The zero-order chi connectivity index (χ0) is 12.1. The molecule has 5 heteroatoms. The highest BCUT2D eigenvalue weighted by molar-refractivity contribution is 9.10. The molecule has 0 bridgehead atoms. The molecular formula is C12H14BrN3O. The van der Waals surface area contributed by atoms with E-state index in [0.29, 0.717) is 6.61 Å². The summed E-state index contributed by atoms with van der Waals surface area (Å²) in [6.07, 6.45) is 3.72. The summed E-state index contributed by atoms with van der Waals surface area (Å²) < 4.78 is 8.39. The summed E-state index contributed by atoms with van der Waals surface area (Å²) in [6.45, 7) is 1.37. The molecule has 0 spiro atoms. The van der Waals surface area contributed by atoms with E-state index in [9.17, 15) is 0 Å². The van der Waals surface area contributed by atoms with Crippen LogP contribution in [0.2, 0.25) is 0 Å². The Balaban J connectivity index is 1.71. The predicted molar refractivity (Wildman–Crippen MR) is 71.3 cm³/mol. The first kappa shape index (κ1) is 12.0. The van der Waals surface area contributed by atoms with Gasteiger partial charge in [-0.2, -0.15) is 5.10 Å². The Morgan fingerprint density at radius 3 is 2.76 bits per heavy atom. The SMILES string of the molecule is Cn1cc(NCCOc2ccc(Br)cc2)cn1. The number of ether oxygens (including phenoxy) is 1. The van der Waals surface area contributed by atoms with Crippen LogP contribution >= 0.6 is 15.9 Å². The number of anilines is 1. The number of hydrogen-bond acceptors (Lipinski definition) is 3. The van der Waals surface area contributed by atoms with Crippen LogP contribution in [0.5, 0.6) is 5.75 Å². The number of nitrogens with zero attached hydrogens (tertiary/aromatic N) is 2. The van der Waals surface area contributed by atoms with Gasteiger partial charge in [-0.1, -0.05) is 15.9 Å². The summed E-state index contributed by atoms with van der Waals surface area (Å²) in [5, 5.41) is 7.30. The van der Waals surface area contributed by atoms with E-state index >= 15 is 0 Å². The van der Waals surface area contributed by atoms with E-state index in [1.165, 1.54) is 0 Å². The monoisotopic (exact) mass is 295 g/mol. The van der Waals surface area contributed by atoms with E-state index < -0.39 is 0 Å². The van der Waals surface area contributed by atoms with Gasteiger partial charge in [0.2, 0.25) is 0 Å². The highest BCUT2D eigenvalue weighted by Gasteiger charge is 1.96. The third-order valence-electron chi connectivity index (χ3n) is 2.22. The highest BCUT2D eigenvalue weighted by Crippen LogP contribution is 2.15. The van der Waals surface area contributed by atoms with Crippen LogP contribution in [0.4, 0.5) is 5.69 Å². The molecule has 0 fully saturated rings. The Morgan fingerprint density at radius 2 is 2.12 bits per heavy atom. The molecule has 0 aliphatic rings. The molecule has 2 aromatic rings. The first-order valence-electron chi connectivity index (χ1n) is 5.35. The number of halogens is 1. The van der Waals surface area contributed by atoms with Gasteiger partial charge < -0.3 is 10.1 Å². The molecule has 0 unspecified atom stereocenters. The smallest absolute Gasteiger partial charge is 0.119 e. The van der Waals surface area contributed by atoms with Gasteiger partial charge in [-0.15, -0.1) is 0 Å². The van der Waals surface area contributed by atoms with Gasteiger partial charge in [0, 0.05) is 24.3 Å². The van der Waals surface area contributed by atoms with Gasteiger partial charge in [-0.25, -0.2) is 0 Å². The van der Waals surface area contributed by atoms with Gasteiger partial charge in [0.05, 0.1) is 11.9 Å². The van der Waals surface area contributed by atoms with Crippen LogP contribution in [-0.2, 0) is 7.05 Å². The number of rotatable bonds is 5. The van der Waals surface area contributed by atoms with Crippen LogP contribution < -0.4 is 10.1 Å². The summed E-state index contributed by atoms with van der Waals surface area (Å²) in [7, 11) is 1.89. The van der Waals surface area contributed by atoms with Gasteiger partial charge in [-0.05, 0) is 24.3 Å². The molecule has 1 N–H and O–H groups in total. The van der Waals surface area contributed by atoms with Crippen molar-refractivity contribution in [2.75, 3.05) is 18.5 Å². The second-order valence-electron chi connectivity index (χ2n) is 3.63. The number of aromatic nitrogens is 2.